The number of fused-ring (bicyclic) bond motifs is 2. The van der Waals surface area contributed by atoms with E-state index < -0.39 is 0 Å². The van der Waals surface area contributed by atoms with Crippen molar-refractivity contribution in [3.63, 3.8) is 0 Å². The number of carbonyl (C=O) groups excluding carboxylic acids is 1. The number of rotatable bonds is 6. The first-order valence-corrected chi connectivity index (χ1v) is 10.1. The normalized spacial score (nSPS) is 12.5. The van der Waals surface area contributed by atoms with Crippen LogP contribution < -0.4 is 5.76 Å². The third kappa shape index (κ3) is 3.45. The molecule has 0 aliphatic heterocycles. The molecule has 0 N–H and O–H groups in total. The summed E-state index contributed by atoms with van der Waals surface area (Å²) in [5.74, 6) is -0.350. The number of aryl methyl sites for hydroxylation is 1. The molecule has 0 saturated heterocycles. The molecule has 6 nitrogen and oxygen atoms in total. The van der Waals surface area contributed by atoms with Crippen LogP contribution in [0.1, 0.15) is 30.8 Å². The van der Waals surface area contributed by atoms with Gasteiger partial charge in [0, 0.05) is 20.0 Å². The molecule has 4 rings (SSSR count). The maximum Gasteiger partial charge on any atom is 0.419 e. The molecule has 0 unspecified atom stereocenters. The number of carbonyl (C=O) groups is 1. The molecule has 0 fully saturated rings. The first kappa shape index (κ1) is 18.4. The summed E-state index contributed by atoms with van der Waals surface area (Å²) in [5.41, 5.74) is 2.29. The lowest BCUT2D eigenvalue weighted by Gasteiger charge is -2.23. The molecule has 144 valence electrons. The fourth-order valence-electron chi connectivity index (χ4n) is 3.24. The minimum absolute atomic E-state index is 0.0348. The van der Waals surface area contributed by atoms with E-state index >= 15 is 0 Å². The number of amides is 1. The Morgan fingerprint density at radius 3 is 2.79 bits per heavy atom. The minimum atomic E-state index is -0.384. The van der Waals surface area contributed by atoms with Crippen LogP contribution in [0.25, 0.3) is 21.3 Å². The summed E-state index contributed by atoms with van der Waals surface area (Å²) in [7, 11) is 1.80. The number of hydrogen-bond acceptors (Lipinski definition) is 5. The molecule has 4 aromatic rings. The Balaban J connectivity index is 1.40. The van der Waals surface area contributed by atoms with Gasteiger partial charge in [-0.1, -0.05) is 24.3 Å². The topological polar surface area (TPSA) is 68.3 Å². The van der Waals surface area contributed by atoms with E-state index in [1.54, 1.807) is 33.9 Å². The first-order chi connectivity index (χ1) is 13.5. The van der Waals surface area contributed by atoms with Crippen LogP contribution in [0, 0.1) is 0 Å². The summed E-state index contributed by atoms with van der Waals surface area (Å²) in [6, 6.07) is 15.2. The lowest BCUT2D eigenvalue weighted by Crippen LogP contribution is -2.29. The van der Waals surface area contributed by atoms with Crippen LogP contribution in [-0.4, -0.2) is 27.4 Å². The standard InChI is InChI=1S/C21H21N3O3S/c1-14(20-22-15-8-3-6-11-18(15)28-20)23(2)19(25)12-7-13-24-16-9-4-5-10-17(16)27-21(24)26/h3-6,8-11,14H,7,12-13H2,1-2H3/t14-/m1/s1. The Labute approximate surface area is 166 Å². The van der Waals surface area contributed by atoms with Crippen molar-refractivity contribution in [2.24, 2.45) is 0 Å². The molecular weight excluding hydrogens is 374 g/mol. The van der Waals surface area contributed by atoms with Gasteiger partial charge in [0.2, 0.25) is 5.91 Å². The van der Waals surface area contributed by atoms with Gasteiger partial charge in [-0.3, -0.25) is 9.36 Å². The van der Waals surface area contributed by atoms with Crippen molar-refractivity contribution in [2.45, 2.75) is 32.4 Å². The van der Waals surface area contributed by atoms with E-state index in [-0.39, 0.29) is 17.7 Å². The van der Waals surface area contributed by atoms with Crippen molar-refractivity contribution in [2.75, 3.05) is 7.05 Å². The van der Waals surface area contributed by atoms with Crippen LogP contribution in [0.2, 0.25) is 0 Å². The van der Waals surface area contributed by atoms with Crippen LogP contribution in [0.15, 0.2) is 57.7 Å². The second kappa shape index (κ2) is 7.59. The van der Waals surface area contributed by atoms with Crippen LogP contribution in [0.4, 0.5) is 0 Å². The Morgan fingerprint density at radius 2 is 1.96 bits per heavy atom. The molecule has 0 aliphatic rings. The van der Waals surface area contributed by atoms with Gasteiger partial charge in [0.15, 0.2) is 5.58 Å². The number of hydrogen-bond donors (Lipinski definition) is 0. The number of aromatic nitrogens is 2. The highest BCUT2D eigenvalue weighted by molar-refractivity contribution is 7.18. The molecular formula is C21H21N3O3S. The molecule has 0 saturated carbocycles. The fraction of sp³-hybridized carbons (Fsp3) is 0.286. The average Bonchev–Trinajstić information content (AvgIpc) is 3.27. The average molecular weight is 395 g/mol. The van der Waals surface area contributed by atoms with E-state index in [4.69, 9.17) is 4.42 Å². The third-order valence-corrected chi connectivity index (χ3v) is 6.19. The van der Waals surface area contributed by atoms with Gasteiger partial charge in [-0.2, -0.15) is 0 Å². The van der Waals surface area contributed by atoms with Crippen LogP contribution >= 0.6 is 11.3 Å². The molecule has 0 aliphatic carbocycles. The maximum absolute atomic E-state index is 12.6. The molecule has 2 aromatic carbocycles. The van der Waals surface area contributed by atoms with Gasteiger partial charge >= 0.3 is 5.76 Å². The lowest BCUT2D eigenvalue weighted by atomic mass is 10.2. The molecule has 2 heterocycles. The molecule has 0 radical (unpaired) electrons. The SMILES string of the molecule is C[C@H](c1nc2ccccc2s1)N(C)C(=O)CCCn1c(=O)oc2ccccc21. The zero-order valence-electron chi connectivity index (χ0n) is 15.8. The van der Waals surface area contributed by atoms with Gasteiger partial charge in [0.05, 0.1) is 21.8 Å². The second-order valence-electron chi connectivity index (χ2n) is 6.79. The Morgan fingerprint density at radius 1 is 1.21 bits per heavy atom. The van der Waals surface area contributed by atoms with E-state index in [1.165, 1.54) is 0 Å². The van der Waals surface area contributed by atoms with Crippen molar-refractivity contribution in [1.29, 1.82) is 0 Å². The van der Waals surface area contributed by atoms with Crippen molar-refractivity contribution in [3.05, 3.63) is 64.1 Å². The van der Waals surface area contributed by atoms with Gasteiger partial charge in [0.1, 0.15) is 5.01 Å². The van der Waals surface area contributed by atoms with Crippen molar-refractivity contribution < 1.29 is 9.21 Å². The van der Waals surface area contributed by atoms with Gasteiger partial charge in [-0.25, -0.2) is 9.78 Å². The number of thiazole rings is 1. The molecule has 28 heavy (non-hydrogen) atoms. The second-order valence-corrected chi connectivity index (χ2v) is 7.85. The number of oxazole rings is 1. The van der Waals surface area contributed by atoms with Gasteiger partial charge in [-0.15, -0.1) is 11.3 Å². The summed E-state index contributed by atoms with van der Waals surface area (Å²) in [5, 5.41) is 0.925. The fourth-order valence-corrected chi connectivity index (χ4v) is 4.30. The van der Waals surface area contributed by atoms with E-state index in [2.05, 4.69) is 4.98 Å². The Kier molecular flexibility index (Phi) is 5.00. The van der Waals surface area contributed by atoms with E-state index in [1.807, 2.05) is 49.4 Å². The number of benzene rings is 2. The summed E-state index contributed by atoms with van der Waals surface area (Å²) < 4.78 is 7.94. The summed E-state index contributed by atoms with van der Waals surface area (Å²) in [6.45, 7) is 2.44. The van der Waals surface area contributed by atoms with E-state index in [0.29, 0.717) is 25.0 Å². The largest absolute Gasteiger partial charge is 0.419 e. The quantitative estimate of drug-likeness (QED) is 0.491. The molecule has 1 amide bonds. The minimum Gasteiger partial charge on any atom is -0.408 e. The number of para-hydroxylation sites is 3. The highest BCUT2D eigenvalue weighted by Crippen LogP contribution is 2.29. The van der Waals surface area contributed by atoms with Crippen LogP contribution in [0.3, 0.4) is 0 Å². The Bertz CT molecular complexity index is 1160. The van der Waals surface area contributed by atoms with E-state index in [0.717, 1.165) is 20.7 Å². The first-order valence-electron chi connectivity index (χ1n) is 9.24. The van der Waals surface area contributed by atoms with Gasteiger partial charge in [0.25, 0.3) is 0 Å². The van der Waals surface area contributed by atoms with E-state index in [9.17, 15) is 9.59 Å². The Hall–Kier alpha value is -2.93. The maximum atomic E-state index is 12.6. The molecule has 7 heteroatoms. The molecule has 2 aromatic heterocycles. The summed E-state index contributed by atoms with van der Waals surface area (Å²) in [4.78, 5) is 31.0. The molecule has 0 spiro atoms. The third-order valence-electron chi connectivity index (χ3n) is 4.99. The molecule has 1 atom stereocenters. The highest BCUT2D eigenvalue weighted by atomic mass is 32.1. The predicted octanol–water partition coefficient (Wildman–Crippen LogP) is 4.20. The van der Waals surface area contributed by atoms with Crippen molar-refractivity contribution >= 4 is 38.6 Å². The highest BCUT2D eigenvalue weighted by Gasteiger charge is 2.20. The smallest absolute Gasteiger partial charge is 0.408 e. The monoisotopic (exact) mass is 395 g/mol. The zero-order valence-corrected chi connectivity index (χ0v) is 16.6. The van der Waals surface area contributed by atoms with Crippen LogP contribution in [-0.2, 0) is 11.3 Å². The summed E-state index contributed by atoms with van der Waals surface area (Å²) >= 11 is 1.61. The zero-order chi connectivity index (χ0) is 19.7. The summed E-state index contributed by atoms with van der Waals surface area (Å²) in [6.07, 6.45) is 0.927. The predicted molar refractivity (Wildman–Crippen MR) is 111 cm³/mol. The van der Waals surface area contributed by atoms with Gasteiger partial charge < -0.3 is 9.32 Å². The van der Waals surface area contributed by atoms with Crippen molar-refractivity contribution in [3.8, 4) is 0 Å². The number of nitrogens with zero attached hydrogens (tertiary/aromatic N) is 3. The van der Waals surface area contributed by atoms with Crippen LogP contribution in [0.5, 0.6) is 0 Å². The molecule has 0 bridgehead atoms. The van der Waals surface area contributed by atoms with Crippen molar-refractivity contribution in [1.82, 2.24) is 14.5 Å². The lowest BCUT2D eigenvalue weighted by molar-refractivity contribution is -0.131. The van der Waals surface area contributed by atoms with Gasteiger partial charge in [-0.05, 0) is 37.6 Å².